The molecule has 1 unspecified atom stereocenters. The topological polar surface area (TPSA) is 87.3 Å². The predicted octanol–water partition coefficient (Wildman–Crippen LogP) is 7.96. The highest BCUT2D eigenvalue weighted by molar-refractivity contribution is 8.00. The number of thioether (sulfide) groups is 1. The smallest absolute Gasteiger partial charge is 0.272 e. The fourth-order valence-corrected chi connectivity index (χ4v) is 5.30. The van der Waals surface area contributed by atoms with Crippen LogP contribution in [0.2, 0.25) is 0 Å². The van der Waals surface area contributed by atoms with Crippen molar-refractivity contribution in [2.45, 2.75) is 50.7 Å². The van der Waals surface area contributed by atoms with Gasteiger partial charge in [-0.05, 0) is 85.9 Å². The molecule has 4 aromatic rings. The number of hydrogen-bond donors (Lipinski definition) is 3. The summed E-state index contributed by atoms with van der Waals surface area (Å²) in [7, 11) is 0. The lowest BCUT2D eigenvalue weighted by molar-refractivity contribution is -0.115. The molecule has 3 N–H and O–H groups in total. The van der Waals surface area contributed by atoms with E-state index in [0.717, 1.165) is 27.3 Å². The minimum absolute atomic E-state index is 0.108. The van der Waals surface area contributed by atoms with Gasteiger partial charge in [0.1, 0.15) is 5.70 Å². The fourth-order valence-electron chi connectivity index (χ4n) is 4.38. The third kappa shape index (κ3) is 8.93. The van der Waals surface area contributed by atoms with E-state index in [0.29, 0.717) is 17.2 Å². The van der Waals surface area contributed by atoms with Gasteiger partial charge in [0.05, 0.1) is 5.25 Å². The molecule has 0 fully saturated rings. The summed E-state index contributed by atoms with van der Waals surface area (Å²) in [5, 5.41) is 8.32. The Morgan fingerprint density at radius 3 is 2.16 bits per heavy atom. The van der Waals surface area contributed by atoms with Crippen LogP contribution in [0.5, 0.6) is 0 Å². The number of amides is 3. The summed E-state index contributed by atoms with van der Waals surface area (Å²) in [5.74, 6) is -0.568. The molecule has 0 saturated heterocycles. The number of hydrogen-bond acceptors (Lipinski definition) is 4. The number of benzene rings is 4. The van der Waals surface area contributed by atoms with Gasteiger partial charge in [-0.1, -0.05) is 80.1 Å². The average molecular weight is 592 g/mol. The Morgan fingerprint density at radius 2 is 1.49 bits per heavy atom. The standard InChI is InChI=1S/C36H37N3O3S/c1-23(2)28-17-15-27(16-18-28)21-33(39-35(41)29-10-7-6-8-11-29)36(42)37-30-12-9-13-31(22-30)43-26(5)34(40)38-32-19-14-24(3)20-25(32)4/h6-23,26H,1-5H3,(H,37,42)(H,38,40)(H,39,41)/b33-21+. The van der Waals surface area contributed by atoms with Crippen molar-refractivity contribution in [3.05, 3.63) is 131 Å². The van der Waals surface area contributed by atoms with Crippen LogP contribution < -0.4 is 16.0 Å². The van der Waals surface area contributed by atoms with Gasteiger partial charge in [0.2, 0.25) is 5.91 Å². The number of carbonyl (C=O) groups excluding carboxylic acids is 3. The number of anilines is 2. The van der Waals surface area contributed by atoms with Crippen LogP contribution in [0.4, 0.5) is 11.4 Å². The third-order valence-corrected chi connectivity index (χ3v) is 7.95. The molecule has 0 radical (unpaired) electrons. The van der Waals surface area contributed by atoms with Gasteiger partial charge in [-0.3, -0.25) is 14.4 Å². The Hall–Kier alpha value is -4.62. The van der Waals surface area contributed by atoms with Crippen LogP contribution in [-0.2, 0) is 9.59 Å². The van der Waals surface area contributed by atoms with Gasteiger partial charge in [-0.15, -0.1) is 11.8 Å². The molecule has 0 spiro atoms. The summed E-state index contributed by atoms with van der Waals surface area (Å²) in [4.78, 5) is 40.2. The van der Waals surface area contributed by atoms with Gasteiger partial charge in [-0.25, -0.2) is 0 Å². The fraction of sp³-hybridized carbons (Fsp3) is 0.194. The average Bonchev–Trinajstić information content (AvgIpc) is 2.99. The molecule has 6 nitrogen and oxygen atoms in total. The molecule has 4 aromatic carbocycles. The van der Waals surface area contributed by atoms with Crippen LogP contribution in [0.3, 0.4) is 0 Å². The van der Waals surface area contributed by atoms with E-state index in [1.165, 1.54) is 17.3 Å². The van der Waals surface area contributed by atoms with E-state index in [4.69, 9.17) is 0 Å². The Kier molecular flexibility index (Phi) is 10.6. The summed E-state index contributed by atoms with van der Waals surface area (Å²) in [6.07, 6.45) is 1.67. The molecular weight excluding hydrogens is 554 g/mol. The van der Waals surface area contributed by atoms with Crippen LogP contribution in [0.15, 0.2) is 108 Å². The van der Waals surface area contributed by atoms with Crippen molar-refractivity contribution in [2.75, 3.05) is 10.6 Å². The largest absolute Gasteiger partial charge is 0.325 e. The maximum Gasteiger partial charge on any atom is 0.272 e. The first-order chi connectivity index (χ1) is 20.6. The molecule has 0 aliphatic heterocycles. The first kappa shape index (κ1) is 31.3. The SMILES string of the molecule is Cc1ccc(NC(=O)C(C)Sc2cccc(NC(=O)/C(=C\c3ccc(C(C)C)cc3)NC(=O)c3ccccc3)c2)c(C)c1. The van der Waals surface area contributed by atoms with E-state index in [9.17, 15) is 14.4 Å². The van der Waals surface area contributed by atoms with Gasteiger partial charge in [-0.2, -0.15) is 0 Å². The quantitative estimate of drug-likeness (QED) is 0.129. The molecule has 0 aliphatic rings. The van der Waals surface area contributed by atoms with Crippen molar-refractivity contribution < 1.29 is 14.4 Å². The zero-order chi connectivity index (χ0) is 30.9. The lowest BCUT2D eigenvalue weighted by atomic mass is 10.0. The molecule has 0 heterocycles. The maximum absolute atomic E-state index is 13.5. The Morgan fingerprint density at radius 1 is 0.767 bits per heavy atom. The molecule has 220 valence electrons. The van der Waals surface area contributed by atoms with Crippen LogP contribution in [0.25, 0.3) is 6.08 Å². The molecule has 3 amide bonds. The van der Waals surface area contributed by atoms with Crippen molar-refractivity contribution in [1.82, 2.24) is 5.32 Å². The first-order valence-corrected chi connectivity index (χ1v) is 15.1. The van der Waals surface area contributed by atoms with Gasteiger partial charge >= 0.3 is 0 Å². The first-order valence-electron chi connectivity index (χ1n) is 14.2. The molecule has 0 aromatic heterocycles. The Labute approximate surface area is 258 Å². The van der Waals surface area contributed by atoms with Gasteiger partial charge < -0.3 is 16.0 Å². The van der Waals surface area contributed by atoms with Crippen LogP contribution in [0, 0.1) is 13.8 Å². The Balaban J connectivity index is 1.49. The van der Waals surface area contributed by atoms with E-state index in [2.05, 4.69) is 29.8 Å². The normalized spacial score (nSPS) is 12.0. The predicted molar refractivity (Wildman–Crippen MR) is 177 cm³/mol. The number of rotatable bonds is 10. The maximum atomic E-state index is 13.5. The van der Waals surface area contributed by atoms with Gasteiger partial charge in [0, 0.05) is 21.8 Å². The van der Waals surface area contributed by atoms with Crippen LogP contribution >= 0.6 is 11.8 Å². The number of nitrogens with one attached hydrogen (secondary N) is 3. The molecular formula is C36H37N3O3S. The minimum atomic E-state index is -0.458. The van der Waals surface area contributed by atoms with Crippen LogP contribution in [0.1, 0.15) is 59.3 Å². The highest BCUT2D eigenvalue weighted by Gasteiger charge is 2.18. The summed E-state index contributed by atoms with van der Waals surface area (Å²) in [5.41, 5.74) is 6.02. The minimum Gasteiger partial charge on any atom is -0.325 e. The third-order valence-electron chi connectivity index (χ3n) is 6.86. The zero-order valence-corrected chi connectivity index (χ0v) is 25.9. The monoisotopic (exact) mass is 591 g/mol. The summed E-state index contributed by atoms with van der Waals surface area (Å²) in [6, 6.07) is 29.9. The molecule has 43 heavy (non-hydrogen) atoms. The van der Waals surface area contributed by atoms with Gasteiger partial charge in [0.15, 0.2) is 0 Å². The highest BCUT2D eigenvalue weighted by atomic mass is 32.2. The lowest BCUT2D eigenvalue weighted by Crippen LogP contribution is -2.30. The summed E-state index contributed by atoms with van der Waals surface area (Å²) >= 11 is 1.40. The molecule has 0 bridgehead atoms. The molecule has 0 saturated carbocycles. The van der Waals surface area contributed by atoms with Gasteiger partial charge in [0.25, 0.3) is 11.8 Å². The number of aryl methyl sites for hydroxylation is 2. The molecule has 7 heteroatoms. The summed E-state index contributed by atoms with van der Waals surface area (Å²) < 4.78 is 0. The Bertz CT molecular complexity index is 1630. The second-order valence-corrected chi connectivity index (χ2v) is 12.2. The zero-order valence-electron chi connectivity index (χ0n) is 25.1. The molecule has 1 atom stereocenters. The van der Waals surface area contributed by atoms with Crippen molar-refractivity contribution in [2.24, 2.45) is 0 Å². The van der Waals surface area contributed by atoms with Crippen molar-refractivity contribution in [1.29, 1.82) is 0 Å². The summed E-state index contributed by atoms with van der Waals surface area (Å²) in [6.45, 7) is 10.1. The van der Waals surface area contributed by atoms with Crippen molar-refractivity contribution in [3.63, 3.8) is 0 Å². The van der Waals surface area contributed by atoms with E-state index < -0.39 is 5.91 Å². The highest BCUT2D eigenvalue weighted by Crippen LogP contribution is 2.27. The van der Waals surface area contributed by atoms with E-state index >= 15 is 0 Å². The van der Waals surface area contributed by atoms with Crippen molar-refractivity contribution >= 4 is 46.9 Å². The van der Waals surface area contributed by atoms with E-state index in [1.54, 1.807) is 36.4 Å². The lowest BCUT2D eigenvalue weighted by Gasteiger charge is -2.15. The van der Waals surface area contributed by atoms with Crippen molar-refractivity contribution in [3.8, 4) is 0 Å². The van der Waals surface area contributed by atoms with Crippen LogP contribution in [-0.4, -0.2) is 23.0 Å². The molecule has 0 aliphatic carbocycles. The second kappa shape index (κ2) is 14.5. The number of carbonyl (C=O) groups is 3. The molecule has 4 rings (SSSR count). The second-order valence-electron chi connectivity index (χ2n) is 10.7. The van der Waals surface area contributed by atoms with E-state index in [-0.39, 0.29) is 22.8 Å². The van der Waals surface area contributed by atoms with E-state index in [1.807, 2.05) is 87.5 Å².